The Morgan fingerprint density at radius 3 is 2.65 bits per heavy atom. The minimum atomic E-state index is -0.498. The molecule has 0 aliphatic carbocycles. The molecule has 0 aliphatic rings. The zero-order valence-electron chi connectivity index (χ0n) is 13.2. The number of carbonyl (C=O) groups excluding carboxylic acids is 2. The van der Waals surface area contributed by atoms with Gasteiger partial charge in [-0.25, -0.2) is 5.06 Å². The first-order chi connectivity index (χ1) is 11.1. The molecule has 1 aromatic carbocycles. The van der Waals surface area contributed by atoms with Crippen molar-refractivity contribution in [2.24, 2.45) is 5.92 Å². The summed E-state index contributed by atoms with van der Waals surface area (Å²) in [5.74, 6) is -0.797. The second-order valence-electron chi connectivity index (χ2n) is 5.22. The number of carbonyl (C=O) groups is 2. The van der Waals surface area contributed by atoms with Crippen LogP contribution >= 0.6 is 0 Å². The molecule has 7 nitrogen and oxygen atoms in total. The highest BCUT2D eigenvalue weighted by molar-refractivity contribution is 5.80. The average molecular weight is 318 g/mol. The molecule has 3 N–H and O–H groups in total. The maximum Gasteiger partial charge on any atom is 0.243 e. The van der Waals surface area contributed by atoms with Crippen LogP contribution in [0.3, 0.4) is 0 Å². The Morgan fingerprint density at radius 1 is 1.39 bits per heavy atom. The monoisotopic (exact) mass is 318 g/mol. The minimum Gasteiger partial charge on any atom is -0.299 e. The van der Waals surface area contributed by atoms with Gasteiger partial charge < -0.3 is 0 Å². The van der Waals surface area contributed by atoms with Crippen LogP contribution in [0.2, 0.25) is 0 Å². The number of rotatable bonds is 10. The van der Waals surface area contributed by atoms with Crippen molar-refractivity contribution in [3.8, 4) is 6.07 Å². The summed E-state index contributed by atoms with van der Waals surface area (Å²) in [7, 11) is 0. The molecule has 0 bridgehead atoms. The van der Waals surface area contributed by atoms with E-state index in [4.69, 9.17) is 5.26 Å². The number of nitrogens with zero attached hydrogens (tertiary/aromatic N) is 2. The van der Waals surface area contributed by atoms with E-state index >= 15 is 0 Å². The highest BCUT2D eigenvalue weighted by atomic mass is 16.5. The zero-order chi connectivity index (χ0) is 17.1. The average Bonchev–Trinajstić information content (AvgIpc) is 2.59. The lowest BCUT2D eigenvalue weighted by molar-refractivity contribution is -0.154. The lowest BCUT2D eigenvalue weighted by atomic mass is 10.0. The highest BCUT2D eigenvalue weighted by Crippen LogP contribution is 2.12. The maximum atomic E-state index is 12.2. The molecule has 0 fully saturated rings. The normalized spacial score (nSPS) is 11.2. The molecule has 7 heteroatoms. The third-order valence-corrected chi connectivity index (χ3v) is 3.40. The standard InChI is InChI=1S/C16H22N4O3/c1-2-3-4-5-14(11-20(23)12-21)16(22)19-18-15-8-6-13(10-17)7-9-15/h6-9,12,14,18,23H,2-5,11H2,1H3,(H,19,22). The minimum absolute atomic E-state index is 0.0475. The molecule has 124 valence electrons. The molecule has 1 atom stereocenters. The van der Waals surface area contributed by atoms with E-state index in [9.17, 15) is 14.8 Å². The van der Waals surface area contributed by atoms with Crippen LogP contribution in [0.5, 0.6) is 0 Å². The SMILES string of the molecule is CCCCCC(CN(O)C=O)C(=O)NNc1ccc(C#N)cc1. The van der Waals surface area contributed by atoms with E-state index in [0.29, 0.717) is 22.7 Å². The Labute approximate surface area is 135 Å². The Kier molecular flexibility index (Phi) is 8.18. The first-order valence-corrected chi connectivity index (χ1v) is 7.57. The molecule has 0 saturated heterocycles. The molecule has 1 unspecified atom stereocenters. The number of hydrogen-bond acceptors (Lipinski definition) is 5. The molecular weight excluding hydrogens is 296 g/mol. The molecule has 0 saturated carbocycles. The van der Waals surface area contributed by atoms with Crippen molar-refractivity contribution in [3.63, 3.8) is 0 Å². The summed E-state index contributed by atoms with van der Waals surface area (Å²) in [6, 6.07) is 8.63. The Balaban J connectivity index is 2.56. The van der Waals surface area contributed by atoms with E-state index < -0.39 is 5.92 Å². The van der Waals surface area contributed by atoms with Crippen LogP contribution in [-0.4, -0.2) is 29.1 Å². The van der Waals surface area contributed by atoms with Gasteiger partial charge >= 0.3 is 0 Å². The number of hydrazine groups is 1. The van der Waals surface area contributed by atoms with Gasteiger partial charge in [-0.3, -0.25) is 25.6 Å². The molecule has 0 spiro atoms. The van der Waals surface area contributed by atoms with Gasteiger partial charge in [0.05, 0.1) is 29.8 Å². The number of unbranched alkanes of at least 4 members (excludes halogenated alkanes) is 2. The third kappa shape index (κ3) is 6.80. The van der Waals surface area contributed by atoms with Crippen molar-refractivity contribution in [2.75, 3.05) is 12.0 Å². The lowest BCUT2D eigenvalue weighted by Crippen LogP contribution is -2.40. The van der Waals surface area contributed by atoms with Crippen LogP contribution in [0.1, 0.15) is 38.2 Å². The van der Waals surface area contributed by atoms with Crippen molar-refractivity contribution in [2.45, 2.75) is 32.6 Å². The number of hydrogen-bond donors (Lipinski definition) is 3. The van der Waals surface area contributed by atoms with Crippen molar-refractivity contribution < 1.29 is 14.8 Å². The summed E-state index contributed by atoms with van der Waals surface area (Å²) in [4.78, 5) is 22.7. The summed E-state index contributed by atoms with van der Waals surface area (Å²) >= 11 is 0. The maximum absolute atomic E-state index is 12.2. The van der Waals surface area contributed by atoms with Gasteiger partial charge in [0.15, 0.2) is 0 Å². The van der Waals surface area contributed by atoms with E-state index in [1.165, 1.54) is 0 Å². The quantitative estimate of drug-likeness (QED) is 0.265. The first-order valence-electron chi connectivity index (χ1n) is 7.57. The van der Waals surface area contributed by atoms with Gasteiger partial charge in [0, 0.05) is 0 Å². The van der Waals surface area contributed by atoms with Crippen molar-refractivity contribution in [1.82, 2.24) is 10.5 Å². The van der Waals surface area contributed by atoms with Gasteiger partial charge in [-0.2, -0.15) is 5.26 Å². The summed E-state index contributed by atoms with van der Waals surface area (Å²) in [6.07, 6.45) is 3.72. The third-order valence-electron chi connectivity index (χ3n) is 3.40. The van der Waals surface area contributed by atoms with Gasteiger partial charge in [0.25, 0.3) is 0 Å². The van der Waals surface area contributed by atoms with Crippen molar-refractivity contribution in [3.05, 3.63) is 29.8 Å². The Morgan fingerprint density at radius 2 is 2.09 bits per heavy atom. The van der Waals surface area contributed by atoms with Gasteiger partial charge in [0.1, 0.15) is 0 Å². The summed E-state index contributed by atoms with van der Waals surface area (Å²) in [6.45, 7) is 2.01. The first kappa shape index (κ1) is 18.5. The number of benzene rings is 1. The molecule has 0 heterocycles. The Bertz CT molecular complexity index is 539. The number of nitrogens with one attached hydrogen (secondary N) is 2. The molecule has 0 radical (unpaired) electrons. The van der Waals surface area contributed by atoms with Crippen molar-refractivity contribution >= 4 is 18.0 Å². The topological polar surface area (TPSA) is 105 Å². The second-order valence-corrected chi connectivity index (χ2v) is 5.22. The highest BCUT2D eigenvalue weighted by Gasteiger charge is 2.20. The predicted molar refractivity (Wildman–Crippen MR) is 85.1 cm³/mol. The smallest absolute Gasteiger partial charge is 0.243 e. The number of hydroxylamine groups is 2. The van der Waals surface area contributed by atoms with E-state index in [2.05, 4.69) is 17.8 Å². The molecular formula is C16H22N4O3. The molecule has 23 heavy (non-hydrogen) atoms. The van der Waals surface area contributed by atoms with E-state index in [0.717, 1.165) is 19.3 Å². The van der Waals surface area contributed by atoms with Gasteiger partial charge in [0.2, 0.25) is 12.3 Å². The van der Waals surface area contributed by atoms with Crippen LogP contribution in [0.4, 0.5) is 5.69 Å². The summed E-state index contributed by atoms with van der Waals surface area (Å²) in [5, 5.41) is 18.5. The molecule has 0 aliphatic heterocycles. The molecule has 1 rings (SSSR count). The van der Waals surface area contributed by atoms with E-state index in [1.807, 2.05) is 6.07 Å². The largest absolute Gasteiger partial charge is 0.299 e. The van der Waals surface area contributed by atoms with Crippen molar-refractivity contribution in [1.29, 1.82) is 5.26 Å². The van der Waals surface area contributed by atoms with Crippen LogP contribution in [0.15, 0.2) is 24.3 Å². The summed E-state index contributed by atoms with van der Waals surface area (Å²) in [5.41, 5.74) is 6.50. The molecule has 0 aromatic heterocycles. The van der Waals surface area contributed by atoms with Crippen LogP contribution in [0, 0.1) is 17.2 Å². The van der Waals surface area contributed by atoms with E-state index in [-0.39, 0.29) is 18.9 Å². The fourth-order valence-corrected chi connectivity index (χ4v) is 2.08. The van der Waals surface area contributed by atoms with Gasteiger partial charge in [-0.1, -0.05) is 26.2 Å². The second kappa shape index (κ2) is 10.2. The van der Waals surface area contributed by atoms with Crippen LogP contribution < -0.4 is 10.9 Å². The lowest BCUT2D eigenvalue weighted by Gasteiger charge is -2.20. The fraction of sp³-hybridized carbons (Fsp3) is 0.438. The van der Waals surface area contributed by atoms with Gasteiger partial charge in [-0.15, -0.1) is 0 Å². The number of anilines is 1. The van der Waals surface area contributed by atoms with Crippen LogP contribution in [-0.2, 0) is 9.59 Å². The van der Waals surface area contributed by atoms with E-state index in [1.54, 1.807) is 24.3 Å². The molecule has 2 amide bonds. The van der Waals surface area contributed by atoms with Gasteiger partial charge in [-0.05, 0) is 30.7 Å². The number of amides is 2. The molecule has 1 aromatic rings. The zero-order valence-corrected chi connectivity index (χ0v) is 13.2. The summed E-state index contributed by atoms with van der Waals surface area (Å²) < 4.78 is 0. The predicted octanol–water partition coefficient (Wildman–Crippen LogP) is 2.05. The Hall–Kier alpha value is -2.59. The number of nitriles is 1. The van der Waals surface area contributed by atoms with Crippen LogP contribution in [0.25, 0.3) is 0 Å². The fourth-order valence-electron chi connectivity index (χ4n) is 2.08.